The summed E-state index contributed by atoms with van der Waals surface area (Å²) in [6.07, 6.45) is 7.93. The van der Waals surface area contributed by atoms with E-state index in [4.69, 9.17) is 4.74 Å². The Morgan fingerprint density at radius 3 is 2.19 bits per heavy atom. The third kappa shape index (κ3) is 3.81. The molecule has 31 heavy (non-hydrogen) atoms. The van der Waals surface area contributed by atoms with E-state index in [1.165, 1.54) is 22.3 Å². The number of hydrogen-bond donors (Lipinski definition) is 0. The van der Waals surface area contributed by atoms with Crippen LogP contribution in [0.3, 0.4) is 0 Å². The Morgan fingerprint density at radius 2 is 1.52 bits per heavy atom. The molecule has 0 aromatic heterocycles. The van der Waals surface area contributed by atoms with Gasteiger partial charge in [-0.1, -0.05) is 85.0 Å². The van der Waals surface area contributed by atoms with Crippen LogP contribution in [0.5, 0.6) is 0 Å². The van der Waals surface area contributed by atoms with Gasteiger partial charge in [0.05, 0.1) is 4.85 Å². The van der Waals surface area contributed by atoms with Gasteiger partial charge in [0.1, 0.15) is 12.2 Å². The highest BCUT2D eigenvalue weighted by molar-refractivity contribution is 5.83. The van der Waals surface area contributed by atoms with Crippen molar-refractivity contribution in [3.63, 3.8) is 0 Å². The number of hydrogen-bond acceptors (Lipinski definition) is 2. The minimum Gasteiger partial charge on any atom is -0.397 e. The minimum absolute atomic E-state index is 0.0244. The Morgan fingerprint density at radius 1 is 0.871 bits per heavy atom. The molecule has 0 unspecified atom stereocenters. The number of nitrogens with zero attached hydrogens (tertiary/aromatic N) is 1. The van der Waals surface area contributed by atoms with Crippen molar-refractivity contribution in [1.82, 2.24) is 0 Å². The van der Waals surface area contributed by atoms with Crippen LogP contribution in [-0.2, 0) is 4.74 Å². The van der Waals surface area contributed by atoms with Gasteiger partial charge in [-0.15, -0.1) is 0 Å². The Labute approximate surface area is 182 Å². The second kappa shape index (κ2) is 8.45. The van der Waals surface area contributed by atoms with Crippen molar-refractivity contribution >= 4 is 11.7 Å². The first-order valence-electron chi connectivity index (χ1n) is 10.6. The van der Waals surface area contributed by atoms with E-state index in [9.17, 15) is 4.79 Å². The largest absolute Gasteiger partial charge is 0.728 e. The molecule has 0 N–H and O–H groups in total. The highest BCUT2D eigenvalue weighted by atomic mass is 16.5. The summed E-state index contributed by atoms with van der Waals surface area (Å²) in [6.45, 7) is 0.258. The van der Waals surface area contributed by atoms with Gasteiger partial charge in [-0.2, -0.15) is 4.79 Å². The lowest BCUT2D eigenvalue weighted by Crippen LogP contribution is -2.09. The van der Waals surface area contributed by atoms with Crippen molar-refractivity contribution in [3.8, 4) is 17.2 Å². The van der Waals surface area contributed by atoms with Crippen LogP contribution in [0.25, 0.3) is 21.5 Å². The summed E-state index contributed by atoms with van der Waals surface area (Å²) in [4.78, 5) is 16.4. The highest BCUT2D eigenvalue weighted by Gasteiger charge is 2.30. The SMILES string of the molecule is O=C([N+]#Cc1ccccc1C1=CCCC=C1)OCC1c2ccccc2-c2ccccc21. The average Bonchev–Trinajstić information content (AvgIpc) is 3.16. The summed E-state index contributed by atoms with van der Waals surface area (Å²) in [6, 6.07) is 27.3. The topological polar surface area (TPSA) is 30.7 Å². The molecule has 0 atom stereocenters. The molecule has 0 heterocycles. The molecule has 1 amide bonds. The number of benzene rings is 3. The molecule has 3 aromatic carbocycles. The molecular formula is C28H22NO2+. The second-order valence-corrected chi connectivity index (χ2v) is 7.71. The predicted octanol–water partition coefficient (Wildman–Crippen LogP) is 7.05. The van der Waals surface area contributed by atoms with Crippen LogP contribution in [-0.4, -0.2) is 12.7 Å². The first-order chi connectivity index (χ1) is 15.3. The van der Waals surface area contributed by atoms with Crippen molar-refractivity contribution in [2.75, 3.05) is 6.61 Å². The third-order valence-electron chi connectivity index (χ3n) is 5.84. The summed E-state index contributed by atoms with van der Waals surface area (Å²) >= 11 is 0. The minimum atomic E-state index is -0.621. The van der Waals surface area contributed by atoms with Gasteiger partial charge in [0, 0.05) is 11.5 Å². The van der Waals surface area contributed by atoms with Gasteiger partial charge in [0.15, 0.2) is 0 Å². The number of carbonyl (C=O) groups is 1. The van der Waals surface area contributed by atoms with Crippen molar-refractivity contribution < 1.29 is 9.53 Å². The molecule has 3 heteroatoms. The maximum Gasteiger partial charge on any atom is 0.728 e. The number of amides is 1. The number of ether oxygens (including phenoxy) is 1. The summed E-state index contributed by atoms with van der Waals surface area (Å²) in [5.41, 5.74) is 7.73. The fraction of sp³-hybridized carbons (Fsp3) is 0.143. The van der Waals surface area contributed by atoms with Crippen molar-refractivity contribution in [2.24, 2.45) is 0 Å². The smallest absolute Gasteiger partial charge is 0.397 e. The molecule has 0 bridgehead atoms. The summed E-state index contributed by atoms with van der Waals surface area (Å²) < 4.78 is 5.55. The molecule has 150 valence electrons. The number of fused-ring (bicyclic) bond motifs is 3. The van der Waals surface area contributed by atoms with Gasteiger partial charge in [-0.25, -0.2) is 0 Å². The molecular weight excluding hydrogens is 382 g/mol. The molecule has 5 rings (SSSR count). The maximum atomic E-state index is 12.4. The van der Waals surface area contributed by atoms with E-state index in [2.05, 4.69) is 53.4 Å². The van der Waals surface area contributed by atoms with Crippen LogP contribution >= 0.6 is 0 Å². The number of allylic oxidation sites excluding steroid dienone is 4. The Balaban J connectivity index is 1.33. The molecule has 2 aliphatic carbocycles. The van der Waals surface area contributed by atoms with Gasteiger partial charge >= 0.3 is 12.2 Å². The Hall–Kier alpha value is -3.90. The lowest BCUT2D eigenvalue weighted by Gasteiger charge is -2.10. The zero-order valence-electron chi connectivity index (χ0n) is 17.1. The average molecular weight is 404 g/mol. The monoisotopic (exact) mass is 404 g/mol. The third-order valence-corrected chi connectivity index (χ3v) is 5.84. The lowest BCUT2D eigenvalue weighted by molar-refractivity contribution is 0.162. The van der Waals surface area contributed by atoms with E-state index in [1.807, 2.05) is 48.5 Å². The van der Waals surface area contributed by atoms with Crippen LogP contribution in [0.15, 0.2) is 91.0 Å². The zero-order chi connectivity index (χ0) is 21.0. The van der Waals surface area contributed by atoms with Gasteiger partial charge < -0.3 is 4.74 Å². The molecule has 0 fully saturated rings. The van der Waals surface area contributed by atoms with Crippen LogP contribution < -0.4 is 0 Å². The lowest BCUT2D eigenvalue weighted by atomic mass is 9.96. The van der Waals surface area contributed by atoms with Crippen LogP contribution in [0, 0.1) is 6.07 Å². The van der Waals surface area contributed by atoms with Crippen LogP contribution in [0.1, 0.15) is 41.0 Å². The summed E-state index contributed by atoms with van der Waals surface area (Å²) in [5.74, 6) is 0.0244. The van der Waals surface area contributed by atoms with E-state index in [1.54, 1.807) is 0 Å². The van der Waals surface area contributed by atoms with E-state index < -0.39 is 6.09 Å². The van der Waals surface area contributed by atoms with Gasteiger partial charge in [-0.3, -0.25) is 0 Å². The number of rotatable bonds is 3. The molecule has 0 radical (unpaired) electrons. The Kier molecular flexibility index (Phi) is 5.21. The van der Waals surface area contributed by atoms with E-state index in [0.717, 1.165) is 29.5 Å². The van der Waals surface area contributed by atoms with E-state index in [-0.39, 0.29) is 12.5 Å². The molecule has 0 spiro atoms. The van der Waals surface area contributed by atoms with Crippen LogP contribution in [0.2, 0.25) is 0 Å². The molecule has 0 saturated heterocycles. The Bertz CT molecular complexity index is 1230. The van der Waals surface area contributed by atoms with Crippen molar-refractivity contribution in [2.45, 2.75) is 18.8 Å². The van der Waals surface area contributed by atoms with Gasteiger partial charge in [0.2, 0.25) is 0 Å². The fourth-order valence-electron chi connectivity index (χ4n) is 4.38. The normalized spacial score (nSPS) is 14.1. The van der Waals surface area contributed by atoms with E-state index in [0.29, 0.717) is 0 Å². The second-order valence-electron chi connectivity index (χ2n) is 7.71. The summed E-state index contributed by atoms with van der Waals surface area (Å²) in [5, 5.41) is 0. The van der Waals surface area contributed by atoms with Crippen molar-refractivity contribution in [3.05, 3.63) is 118 Å². The fourth-order valence-corrected chi connectivity index (χ4v) is 4.38. The standard InChI is InChI=1S/C28H22NO2/c30-28(29-18-21-12-4-5-13-22(21)20-10-2-1-3-11-20)31-19-27-25-16-8-6-14-23(25)24-15-7-9-17-26(24)27/h2,4-17,27H,1,3,19H2/q+1. The quantitative estimate of drug-likeness (QED) is 0.468. The summed E-state index contributed by atoms with van der Waals surface area (Å²) in [7, 11) is 0. The maximum absolute atomic E-state index is 12.4. The van der Waals surface area contributed by atoms with Gasteiger partial charge in [-0.05, 0) is 46.7 Å². The highest BCUT2D eigenvalue weighted by Crippen LogP contribution is 2.44. The van der Waals surface area contributed by atoms with E-state index >= 15 is 0 Å². The predicted molar refractivity (Wildman–Crippen MR) is 124 cm³/mol. The first kappa shape index (κ1) is 19.1. The van der Waals surface area contributed by atoms with Gasteiger partial charge in [0.25, 0.3) is 0 Å². The molecule has 3 aromatic rings. The molecule has 3 nitrogen and oxygen atoms in total. The molecule has 0 aliphatic heterocycles. The molecule has 2 aliphatic rings. The number of carbonyl (C=O) groups excluding carboxylic acids is 1. The first-order valence-corrected chi connectivity index (χ1v) is 10.6. The van der Waals surface area contributed by atoms with Crippen molar-refractivity contribution in [1.29, 1.82) is 0 Å². The zero-order valence-corrected chi connectivity index (χ0v) is 17.1. The molecule has 0 saturated carbocycles. The van der Waals surface area contributed by atoms with Crippen LogP contribution in [0.4, 0.5) is 4.79 Å².